The molecule has 0 spiro atoms. The van der Waals surface area contributed by atoms with Gasteiger partial charge in [0, 0.05) is 29.6 Å². The Balaban J connectivity index is 1.22. The Hall–Kier alpha value is -2.77. The molecule has 1 fully saturated rings. The molecule has 0 bridgehead atoms. The van der Waals surface area contributed by atoms with Crippen molar-refractivity contribution in [2.75, 3.05) is 13.1 Å². The van der Waals surface area contributed by atoms with Crippen molar-refractivity contribution in [3.05, 3.63) is 76.3 Å². The van der Waals surface area contributed by atoms with Gasteiger partial charge >= 0.3 is 0 Å². The van der Waals surface area contributed by atoms with Crippen molar-refractivity contribution in [3.8, 4) is 0 Å². The lowest BCUT2D eigenvalue weighted by molar-refractivity contribution is 0.0713. The van der Waals surface area contributed by atoms with E-state index in [2.05, 4.69) is 10.1 Å². The van der Waals surface area contributed by atoms with Gasteiger partial charge in [0.2, 0.25) is 0 Å². The van der Waals surface area contributed by atoms with Crippen LogP contribution in [-0.2, 0) is 6.54 Å². The van der Waals surface area contributed by atoms with Crippen molar-refractivity contribution in [1.82, 2.24) is 24.6 Å². The van der Waals surface area contributed by atoms with Gasteiger partial charge in [-0.2, -0.15) is 5.10 Å². The molecule has 3 heterocycles. The lowest BCUT2D eigenvalue weighted by atomic mass is 9.97. The zero-order valence-corrected chi connectivity index (χ0v) is 17.8. The standard InChI is InChI=1S/C22H20ClN5OS/c23-18-5-6-20-19(11-18)26-21(30-20)16-7-9-27(10-8-16)22(29)17-3-1-15(2-4-17)12-28-14-24-13-25-28/h1-6,11,13-14,16H,7-10,12H2. The van der Waals surface area contributed by atoms with Gasteiger partial charge in [0.25, 0.3) is 5.91 Å². The first kappa shape index (κ1) is 19.2. The monoisotopic (exact) mass is 437 g/mol. The number of hydrogen-bond acceptors (Lipinski definition) is 5. The molecule has 6 nitrogen and oxygen atoms in total. The first-order valence-corrected chi connectivity index (χ1v) is 11.1. The van der Waals surface area contributed by atoms with E-state index >= 15 is 0 Å². The van der Waals surface area contributed by atoms with Crippen molar-refractivity contribution < 1.29 is 4.79 Å². The molecule has 1 aliphatic rings. The summed E-state index contributed by atoms with van der Waals surface area (Å²) < 4.78 is 2.93. The zero-order valence-electron chi connectivity index (χ0n) is 16.2. The second-order valence-electron chi connectivity index (χ2n) is 7.52. The highest BCUT2D eigenvalue weighted by atomic mass is 35.5. The second-order valence-corrected chi connectivity index (χ2v) is 9.02. The third-order valence-electron chi connectivity index (χ3n) is 5.51. The third kappa shape index (κ3) is 3.95. The summed E-state index contributed by atoms with van der Waals surface area (Å²) in [5.41, 5.74) is 2.78. The van der Waals surface area contributed by atoms with Crippen LogP contribution < -0.4 is 0 Å². The lowest BCUT2D eigenvalue weighted by Gasteiger charge is -2.31. The molecular formula is C22H20ClN5OS. The van der Waals surface area contributed by atoms with E-state index in [9.17, 15) is 4.79 Å². The number of rotatable bonds is 4. The Labute approximate surface area is 183 Å². The minimum Gasteiger partial charge on any atom is -0.339 e. The molecule has 0 N–H and O–H groups in total. The SMILES string of the molecule is O=C(c1ccc(Cn2cncn2)cc1)N1CCC(c2nc3cc(Cl)ccc3s2)CC1. The smallest absolute Gasteiger partial charge is 0.253 e. The summed E-state index contributed by atoms with van der Waals surface area (Å²) in [6.07, 6.45) is 5.07. The van der Waals surface area contributed by atoms with Gasteiger partial charge in [-0.1, -0.05) is 23.7 Å². The van der Waals surface area contributed by atoms with Crippen LogP contribution in [0.3, 0.4) is 0 Å². The van der Waals surface area contributed by atoms with Gasteiger partial charge in [-0.3, -0.25) is 4.79 Å². The first-order valence-electron chi connectivity index (χ1n) is 9.92. The Morgan fingerprint density at radius 3 is 2.67 bits per heavy atom. The highest BCUT2D eigenvalue weighted by Crippen LogP contribution is 2.35. The fraction of sp³-hybridized carbons (Fsp3) is 0.273. The highest BCUT2D eigenvalue weighted by molar-refractivity contribution is 7.18. The topological polar surface area (TPSA) is 63.9 Å². The Morgan fingerprint density at radius 1 is 1.13 bits per heavy atom. The van der Waals surface area contributed by atoms with Crippen LogP contribution in [0.15, 0.2) is 55.1 Å². The molecule has 8 heteroatoms. The molecule has 4 aromatic rings. The average molecular weight is 438 g/mol. The van der Waals surface area contributed by atoms with Crippen LogP contribution in [0.25, 0.3) is 10.2 Å². The first-order chi connectivity index (χ1) is 14.7. The van der Waals surface area contributed by atoms with E-state index < -0.39 is 0 Å². The summed E-state index contributed by atoms with van der Waals surface area (Å²) in [6, 6.07) is 13.6. The average Bonchev–Trinajstić information content (AvgIpc) is 3.43. The molecule has 5 rings (SSSR count). The van der Waals surface area contributed by atoms with Crippen LogP contribution in [0.4, 0.5) is 0 Å². The number of thiazole rings is 1. The molecule has 1 saturated heterocycles. The van der Waals surface area contributed by atoms with Gasteiger partial charge in [-0.25, -0.2) is 14.6 Å². The van der Waals surface area contributed by atoms with E-state index in [4.69, 9.17) is 16.6 Å². The number of amides is 1. The number of hydrogen-bond donors (Lipinski definition) is 0. The maximum absolute atomic E-state index is 12.9. The van der Waals surface area contributed by atoms with Gasteiger partial charge in [0.15, 0.2) is 0 Å². The number of benzene rings is 2. The number of halogens is 1. The molecule has 2 aromatic heterocycles. The van der Waals surface area contributed by atoms with Crippen molar-refractivity contribution in [2.45, 2.75) is 25.3 Å². The van der Waals surface area contributed by atoms with Gasteiger partial charge in [-0.05, 0) is 48.7 Å². The van der Waals surface area contributed by atoms with Crippen LogP contribution in [0.1, 0.15) is 39.7 Å². The number of nitrogens with zero attached hydrogens (tertiary/aromatic N) is 5. The van der Waals surface area contributed by atoms with Gasteiger partial charge in [0.05, 0.1) is 21.8 Å². The number of carbonyl (C=O) groups is 1. The van der Waals surface area contributed by atoms with Gasteiger partial charge in [-0.15, -0.1) is 11.3 Å². The van der Waals surface area contributed by atoms with Crippen LogP contribution in [0, 0.1) is 0 Å². The van der Waals surface area contributed by atoms with E-state index in [0.29, 0.717) is 17.5 Å². The minimum atomic E-state index is 0.0943. The largest absolute Gasteiger partial charge is 0.339 e. The van der Waals surface area contributed by atoms with Gasteiger partial charge in [0.1, 0.15) is 12.7 Å². The normalized spacial score (nSPS) is 15.0. The Bertz CT molecular complexity index is 1160. The zero-order chi connectivity index (χ0) is 20.5. The predicted octanol–water partition coefficient (Wildman–Crippen LogP) is 4.61. The molecule has 0 unspecified atom stereocenters. The number of aromatic nitrogens is 4. The fourth-order valence-corrected chi connectivity index (χ4v) is 5.14. The van der Waals surface area contributed by atoms with Crippen LogP contribution >= 0.6 is 22.9 Å². The maximum Gasteiger partial charge on any atom is 0.253 e. The molecule has 30 heavy (non-hydrogen) atoms. The quantitative estimate of drug-likeness (QED) is 0.467. The summed E-state index contributed by atoms with van der Waals surface area (Å²) >= 11 is 7.82. The molecule has 0 radical (unpaired) electrons. The van der Waals surface area contributed by atoms with Crippen LogP contribution in [-0.4, -0.2) is 43.6 Å². The van der Waals surface area contributed by atoms with Crippen LogP contribution in [0.2, 0.25) is 5.02 Å². The molecule has 0 saturated carbocycles. The van der Waals surface area contributed by atoms with Crippen molar-refractivity contribution in [3.63, 3.8) is 0 Å². The summed E-state index contributed by atoms with van der Waals surface area (Å²) in [5.74, 6) is 0.493. The molecule has 2 aromatic carbocycles. The highest BCUT2D eigenvalue weighted by Gasteiger charge is 2.26. The number of carbonyl (C=O) groups excluding carboxylic acids is 1. The molecule has 1 amide bonds. The number of likely N-dealkylation sites (tertiary alicyclic amines) is 1. The predicted molar refractivity (Wildman–Crippen MR) is 118 cm³/mol. The van der Waals surface area contributed by atoms with Crippen molar-refractivity contribution >= 4 is 39.1 Å². The van der Waals surface area contributed by atoms with E-state index in [-0.39, 0.29) is 5.91 Å². The van der Waals surface area contributed by atoms with Gasteiger partial charge < -0.3 is 4.90 Å². The van der Waals surface area contributed by atoms with E-state index in [1.165, 1.54) is 11.0 Å². The van der Waals surface area contributed by atoms with Crippen LogP contribution in [0.5, 0.6) is 0 Å². The van der Waals surface area contributed by atoms with Crippen molar-refractivity contribution in [1.29, 1.82) is 0 Å². The Morgan fingerprint density at radius 2 is 1.93 bits per heavy atom. The number of piperidine rings is 1. The summed E-state index contributed by atoms with van der Waals surface area (Å²) in [5, 5.41) is 5.98. The third-order valence-corrected chi connectivity index (χ3v) is 6.94. The number of fused-ring (bicyclic) bond motifs is 1. The molecule has 0 atom stereocenters. The molecule has 1 aliphatic heterocycles. The van der Waals surface area contributed by atoms with E-state index in [1.54, 1.807) is 22.3 Å². The second kappa shape index (κ2) is 8.16. The molecule has 0 aliphatic carbocycles. The molecular weight excluding hydrogens is 418 g/mol. The minimum absolute atomic E-state index is 0.0943. The molecule has 152 valence electrons. The summed E-state index contributed by atoms with van der Waals surface area (Å²) in [7, 11) is 0. The Kier molecular flexibility index (Phi) is 5.23. The van der Waals surface area contributed by atoms with E-state index in [1.807, 2.05) is 47.4 Å². The van der Waals surface area contributed by atoms with E-state index in [0.717, 1.165) is 47.6 Å². The summed E-state index contributed by atoms with van der Waals surface area (Å²) in [4.78, 5) is 23.6. The van der Waals surface area contributed by atoms with Crippen molar-refractivity contribution in [2.24, 2.45) is 0 Å². The summed E-state index contributed by atoms with van der Waals surface area (Å²) in [6.45, 7) is 2.15. The fourth-order valence-electron chi connectivity index (χ4n) is 3.86. The lowest BCUT2D eigenvalue weighted by Crippen LogP contribution is -2.37. The maximum atomic E-state index is 12.9.